The molecule has 1 aromatic rings. The molecule has 0 aromatic carbocycles. The fraction of sp³-hybridized carbons (Fsp3) is 0.333. The summed E-state index contributed by atoms with van der Waals surface area (Å²) in [4.78, 5) is 27.6. The summed E-state index contributed by atoms with van der Waals surface area (Å²) in [7, 11) is 0. The summed E-state index contributed by atoms with van der Waals surface area (Å²) >= 11 is 0. The molecule has 0 aliphatic heterocycles. The van der Waals surface area contributed by atoms with Gasteiger partial charge in [0, 0.05) is 31.5 Å². The molecule has 6 nitrogen and oxygen atoms in total. The van der Waals surface area contributed by atoms with Crippen LogP contribution in [0.5, 0.6) is 0 Å². The first-order valence-electron chi connectivity index (χ1n) is 5.41. The number of rotatable bonds is 5. The number of pyridine rings is 1. The van der Waals surface area contributed by atoms with Crippen molar-refractivity contribution in [2.24, 2.45) is 0 Å². The highest BCUT2D eigenvalue weighted by atomic mass is 16.2. The van der Waals surface area contributed by atoms with Crippen molar-refractivity contribution in [3.63, 3.8) is 0 Å². The molecule has 0 saturated heterocycles. The first-order chi connectivity index (χ1) is 8.70. The van der Waals surface area contributed by atoms with Crippen molar-refractivity contribution in [1.29, 1.82) is 10.5 Å². The summed E-state index contributed by atoms with van der Waals surface area (Å²) in [6.45, 7) is 0.427. The second-order valence-corrected chi connectivity index (χ2v) is 3.53. The van der Waals surface area contributed by atoms with Crippen molar-refractivity contribution < 1.29 is 4.79 Å². The number of aromatic nitrogens is 1. The Balaban J connectivity index is 2.89. The van der Waals surface area contributed by atoms with Crippen LogP contribution < -0.4 is 5.43 Å². The molecule has 0 bridgehead atoms. The fourth-order valence-electron chi connectivity index (χ4n) is 1.44. The van der Waals surface area contributed by atoms with Crippen LogP contribution in [0.4, 0.5) is 0 Å². The Labute approximate surface area is 104 Å². The lowest BCUT2D eigenvalue weighted by atomic mass is 10.2. The van der Waals surface area contributed by atoms with E-state index in [2.05, 4.69) is 4.98 Å². The Bertz CT molecular complexity index is 532. The molecule has 0 saturated carbocycles. The zero-order valence-corrected chi connectivity index (χ0v) is 9.72. The van der Waals surface area contributed by atoms with Crippen molar-refractivity contribution in [3.8, 4) is 12.1 Å². The third-order valence-corrected chi connectivity index (χ3v) is 2.33. The maximum Gasteiger partial charge on any atom is 0.259 e. The topological polar surface area (TPSA) is 101 Å². The number of hydrogen-bond donors (Lipinski definition) is 1. The lowest BCUT2D eigenvalue weighted by Crippen LogP contribution is -2.35. The first-order valence-corrected chi connectivity index (χ1v) is 5.41. The Morgan fingerprint density at radius 3 is 2.39 bits per heavy atom. The number of carbonyl (C=O) groups is 1. The molecule has 0 spiro atoms. The molecule has 0 fully saturated rings. The van der Waals surface area contributed by atoms with E-state index in [-0.39, 0.29) is 36.9 Å². The Morgan fingerprint density at radius 2 is 1.89 bits per heavy atom. The van der Waals surface area contributed by atoms with Gasteiger partial charge in [0.05, 0.1) is 25.0 Å². The summed E-state index contributed by atoms with van der Waals surface area (Å²) in [6, 6.07) is 5.13. The summed E-state index contributed by atoms with van der Waals surface area (Å²) in [5, 5.41) is 17.1. The average molecular weight is 244 g/mol. The predicted molar refractivity (Wildman–Crippen MR) is 63.4 cm³/mol. The second-order valence-electron chi connectivity index (χ2n) is 3.53. The number of H-pyrrole nitrogens is 1. The van der Waals surface area contributed by atoms with Crippen LogP contribution in [0.2, 0.25) is 0 Å². The maximum absolute atomic E-state index is 12.1. The van der Waals surface area contributed by atoms with E-state index < -0.39 is 5.91 Å². The zero-order valence-electron chi connectivity index (χ0n) is 9.72. The minimum absolute atomic E-state index is 0.0216. The largest absolute Gasteiger partial charge is 0.367 e. The van der Waals surface area contributed by atoms with Gasteiger partial charge in [0.2, 0.25) is 0 Å². The molecule has 0 atom stereocenters. The number of nitriles is 2. The van der Waals surface area contributed by atoms with Crippen LogP contribution in [0.1, 0.15) is 23.2 Å². The number of hydrogen-bond acceptors (Lipinski definition) is 4. The maximum atomic E-state index is 12.1. The third kappa shape index (κ3) is 3.46. The third-order valence-electron chi connectivity index (χ3n) is 2.33. The summed E-state index contributed by atoms with van der Waals surface area (Å²) in [6.07, 6.45) is 3.11. The quantitative estimate of drug-likeness (QED) is 0.821. The summed E-state index contributed by atoms with van der Waals surface area (Å²) in [5.74, 6) is -0.456. The van der Waals surface area contributed by atoms with Crippen LogP contribution in [-0.4, -0.2) is 28.9 Å². The van der Waals surface area contributed by atoms with E-state index in [9.17, 15) is 9.59 Å². The van der Waals surface area contributed by atoms with Crippen LogP contribution in [0.15, 0.2) is 23.3 Å². The number of amides is 1. The van der Waals surface area contributed by atoms with Crippen molar-refractivity contribution in [2.75, 3.05) is 13.1 Å². The van der Waals surface area contributed by atoms with E-state index in [1.165, 1.54) is 23.4 Å². The molecule has 1 aromatic heterocycles. The van der Waals surface area contributed by atoms with Gasteiger partial charge in [0.25, 0.3) is 5.91 Å². The summed E-state index contributed by atoms with van der Waals surface area (Å²) < 4.78 is 0. The van der Waals surface area contributed by atoms with Gasteiger partial charge in [-0.05, 0) is 0 Å². The van der Waals surface area contributed by atoms with Gasteiger partial charge in [-0.15, -0.1) is 0 Å². The minimum Gasteiger partial charge on any atom is -0.367 e. The minimum atomic E-state index is -0.456. The lowest BCUT2D eigenvalue weighted by molar-refractivity contribution is 0.0761. The number of nitrogens with one attached hydrogen (secondary N) is 1. The van der Waals surface area contributed by atoms with Crippen molar-refractivity contribution >= 4 is 5.91 Å². The summed E-state index contributed by atoms with van der Waals surface area (Å²) in [5.41, 5.74) is -0.356. The van der Waals surface area contributed by atoms with Crippen LogP contribution in [0.25, 0.3) is 0 Å². The average Bonchev–Trinajstić information content (AvgIpc) is 2.39. The van der Waals surface area contributed by atoms with Gasteiger partial charge in [-0.3, -0.25) is 9.59 Å². The van der Waals surface area contributed by atoms with Crippen LogP contribution in [0.3, 0.4) is 0 Å². The smallest absolute Gasteiger partial charge is 0.259 e. The molecule has 0 radical (unpaired) electrons. The number of aromatic amines is 1. The van der Waals surface area contributed by atoms with Gasteiger partial charge in [0.15, 0.2) is 5.43 Å². The van der Waals surface area contributed by atoms with Crippen molar-refractivity contribution in [1.82, 2.24) is 9.88 Å². The zero-order chi connectivity index (χ0) is 13.4. The normalized spacial score (nSPS) is 9.22. The Hall–Kier alpha value is -2.60. The molecular weight excluding hydrogens is 232 g/mol. The van der Waals surface area contributed by atoms with E-state index in [4.69, 9.17) is 10.5 Å². The van der Waals surface area contributed by atoms with Gasteiger partial charge in [-0.2, -0.15) is 10.5 Å². The SMILES string of the molecule is N#CCCN(CCC#N)C(=O)c1c[nH]ccc1=O. The molecule has 92 valence electrons. The van der Waals surface area contributed by atoms with Gasteiger partial charge >= 0.3 is 0 Å². The number of carbonyl (C=O) groups excluding carboxylic acids is 1. The molecule has 1 amide bonds. The van der Waals surface area contributed by atoms with E-state index in [0.717, 1.165) is 0 Å². The molecule has 1 N–H and O–H groups in total. The highest BCUT2D eigenvalue weighted by Crippen LogP contribution is 2.01. The Morgan fingerprint density at radius 1 is 1.28 bits per heavy atom. The molecule has 0 unspecified atom stereocenters. The molecule has 18 heavy (non-hydrogen) atoms. The van der Waals surface area contributed by atoms with Gasteiger partial charge in [-0.1, -0.05) is 0 Å². The highest BCUT2D eigenvalue weighted by molar-refractivity contribution is 5.93. The van der Waals surface area contributed by atoms with E-state index in [0.29, 0.717) is 0 Å². The Kier molecular flexibility index (Phi) is 5.14. The van der Waals surface area contributed by atoms with Gasteiger partial charge in [0.1, 0.15) is 5.56 Å². The monoisotopic (exact) mass is 244 g/mol. The van der Waals surface area contributed by atoms with E-state index >= 15 is 0 Å². The van der Waals surface area contributed by atoms with Crippen molar-refractivity contribution in [2.45, 2.75) is 12.8 Å². The van der Waals surface area contributed by atoms with E-state index in [1.807, 2.05) is 12.1 Å². The molecule has 0 aliphatic carbocycles. The van der Waals surface area contributed by atoms with Gasteiger partial charge < -0.3 is 9.88 Å². The molecule has 1 rings (SSSR count). The molecular formula is C12H12N4O2. The van der Waals surface area contributed by atoms with Gasteiger partial charge in [-0.25, -0.2) is 0 Å². The van der Waals surface area contributed by atoms with Crippen LogP contribution >= 0.6 is 0 Å². The fourth-order valence-corrected chi connectivity index (χ4v) is 1.44. The van der Waals surface area contributed by atoms with Crippen molar-refractivity contribution in [3.05, 3.63) is 34.2 Å². The second kappa shape index (κ2) is 6.87. The molecule has 1 heterocycles. The number of nitrogens with zero attached hydrogens (tertiary/aromatic N) is 3. The van der Waals surface area contributed by atoms with E-state index in [1.54, 1.807) is 0 Å². The predicted octanol–water partition coefficient (Wildman–Crippen LogP) is 0.644. The molecule has 6 heteroatoms. The standard InChI is InChI=1S/C12H12N4O2/c13-4-1-7-16(8-2-5-14)12(18)10-9-15-6-3-11(10)17/h3,6,9H,1-2,7-8H2,(H,15,17). The first kappa shape index (κ1) is 13.5. The van der Waals surface area contributed by atoms with Crippen LogP contribution in [-0.2, 0) is 0 Å². The van der Waals surface area contributed by atoms with Crippen LogP contribution in [0, 0.1) is 22.7 Å². The lowest BCUT2D eigenvalue weighted by Gasteiger charge is -2.19. The highest BCUT2D eigenvalue weighted by Gasteiger charge is 2.17. The molecule has 0 aliphatic rings.